The molecule has 0 amide bonds. The van der Waals surface area contributed by atoms with E-state index < -0.39 is 20.3 Å². The maximum Gasteiger partial charge on any atom is 0.508 e. The molecular weight excluding hydrogens is 745 g/mol. The molecule has 0 aromatic rings. The average molecular weight is 827 g/mol. The first-order chi connectivity index (χ1) is 27.0. The maximum atomic E-state index is 11.8. The van der Waals surface area contributed by atoms with E-state index in [0.29, 0.717) is 18.4 Å². The highest BCUT2D eigenvalue weighted by Crippen LogP contribution is 2.42. The Morgan fingerprint density at radius 3 is 2.33 bits per heavy atom. The summed E-state index contributed by atoms with van der Waals surface area (Å²) >= 11 is 0. The van der Waals surface area contributed by atoms with Crippen molar-refractivity contribution in [2.75, 3.05) is 19.8 Å². The van der Waals surface area contributed by atoms with E-state index in [0.717, 1.165) is 24.8 Å². The van der Waals surface area contributed by atoms with Crippen LogP contribution in [-0.4, -0.2) is 70.8 Å². The number of hydrogen-bond donors (Lipinski definition) is 0. The van der Waals surface area contributed by atoms with Crippen molar-refractivity contribution in [3.8, 4) is 0 Å². The molecule has 0 radical (unpaired) electrons. The molecule has 330 valence electrons. The van der Waals surface area contributed by atoms with Crippen LogP contribution in [0, 0.1) is 29.6 Å². The fraction of sp³-hybridized carbons (Fsp3) is 0.694. The zero-order chi connectivity index (χ0) is 43.8. The molecule has 9 heteroatoms. The summed E-state index contributed by atoms with van der Waals surface area (Å²) < 4.78 is 42.7. The zero-order valence-corrected chi connectivity index (χ0v) is 40.3. The second-order valence-corrected chi connectivity index (χ2v) is 23.7. The summed E-state index contributed by atoms with van der Waals surface area (Å²) in [6.07, 6.45) is 22.9. The van der Waals surface area contributed by atoms with Crippen LogP contribution >= 0.6 is 0 Å². The first kappa shape index (κ1) is 51.6. The van der Waals surface area contributed by atoms with Gasteiger partial charge in [-0.15, -0.1) is 0 Å². The molecule has 0 aliphatic carbocycles. The molecule has 0 aromatic carbocycles. The fourth-order valence-corrected chi connectivity index (χ4v) is 8.61. The van der Waals surface area contributed by atoms with E-state index in [4.69, 9.17) is 32.8 Å². The van der Waals surface area contributed by atoms with Crippen LogP contribution in [0.15, 0.2) is 84.1 Å². The minimum absolute atomic E-state index is 0.0128. The van der Waals surface area contributed by atoms with Gasteiger partial charge in [-0.25, -0.2) is 4.79 Å². The topological polar surface area (TPSA) is 81.7 Å². The Hall–Kier alpha value is -2.53. The van der Waals surface area contributed by atoms with Crippen LogP contribution in [0.2, 0.25) is 18.1 Å². The van der Waals surface area contributed by atoms with E-state index in [2.05, 4.69) is 131 Å². The van der Waals surface area contributed by atoms with Crippen LogP contribution in [0.4, 0.5) is 4.79 Å². The molecule has 1 unspecified atom stereocenters. The van der Waals surface area contributed by atoms with Crippen molar-refractivity contribution in [2.24, 2.45) is 29.6 Å². The monoisotopic (exact) mass is 827 g/mol. The van der Waals surface area contributed by atoms with E-state index >= 15 is 0 Å². The molecule has 0 N–H and O–H groups in total. The second-order valence-electron chi connectivity index (χ2n) is 18.9. The third kappa shape index (κ3) is 18.0. The lowest BCUT2D eigenvalue weighted by atomic mass is 9.80. The average Bonchev–Trinajstić information content (AvgIpc) is 3.12. The van der Waals surface area contributed by atoms with Gasteiger partial charge >= 0.3 is 6.16 Å². The Labute approximate surface area is 355 Å². The summed E-state index contributed by atoms with van der Waals surface area (Å²) in [7, 11) is -2.17. The smallest absolute Gasteiger partial charge is 0.430 e. The molecule has 0 saturated carbocycles. The fourth-order valence-electron chi connectivity index (χ4n) is 7.13. The zero-order valence-electron chi connectivity index (χ0n) is 39.3. The van der Waals surface area contributed by atoms with Crippen LogP contribution in [0.5, 0.6) is 0 Å². The van der Waals surface area contributed by atoms with Crippen molar-refractivity contribution in [1.29, 1.82) is 0 Å². The second kappa shape index (κ2) is 24.0. The van der Waals surface area contributed by atoms with Gasteiger partial charge in [-0.2, -0.15) is 0 Å². The van der Waals surface area contributed by atoms with Crippen molar-refractivity contribution in [2.45, 2.75) is 171 Å². The van der Waals surface area contributed by atoms with E-state index in [1.165, 1.54) is 17.2 Å². The molecule has 0 spiro atoms. The highest BCUT2D eigenvalue weighted by atomic mass is 28.4. The lowest BCUT2D eigenvalue weighted by molar-refractivity contribution is -0.300. The van der Waals surface area contributed by atoms with Crippen molar-refractivity contribution in [3.63, 3.8) is 0 Å². The predicted octanol–water partition coefficient (Wildman–Crippen LogP) is 12.9. The Balaban J connectivity index is 2.24. The van der Waals surface area contributed by atoms with E-state index in [1.54, 1.807) is 0 Å². The number of rotatable bonds is 21. The molecule has 9 atom stereocenters. The first-order valence-electron chi connectivity index (χ1n) is 21.8. The Kier molecular flexibility index (Phi) is 21.4. The van der Waals surface area contributed by atoms with Gasteiger partial charge in [0.1, 0.15) is 13.2 Å². The standard InChI is InChI=1S/C49H82O8Si/c1-18-28-51-47(50)52-29-27-37(7)30-39(9)45(57-58(16,17)48(11,12)13)40(10)46-42(33-53-49(14,15)56-46)32-36(6)22-20-21-35(5)31-41(19-2)24-25-43-38(8)23-26-44(55-43)54-34(3)4/h18,20,22-27,31-32,34-35,38-40,42-46H,1,19,21,28-30,33H2,2-17H3/b22-20+,25-24+,36-32+,37-27+,41-31-/t35-,38+,39+,40+,42+,43+,44?,45-,46-/m1/s1. The Bertz CT molecular complexity index is 1460. The number of allylic oxidation sites excluding steroid dienone is 7. The quantitative estimate of drug-likeness (QED) is 0.0490. The SMILES string of the molecule is C=CCOC(=O)OC/C=C(\C)C[C@H](C)[C@@H](O[Si](C)(C)C(C)(C)C)[C@H](C)[C@H]1OC(C)(C)OC[C@@H]1/C=C(C)/C=C/C[C@@H](C)/C=C(\C=C\[C@@H]1OC(OC(C)C)C=C[C@@H]1C)CC. The van der Waals surface area contributed by atoms with Crippen LogP contribution in [0.3, 0.4) is 0 Å². The van der Waals surface area contributed by atoms with Crippen LogP contribution in [-0.2, 0) is 32.8 Å². The summed E-state index contributed by atoms with van der Waals surface area (Å²) in [5, 5.41) is 0.0401. The molecule has 8 nitrogen and oxygen atoms in total. The third-order valence-corrected chi connectivity index (χ3v) is 15.9. The molecule has 2 rings (SSSR count). The van der Waals surface area contributed by atoms with Crippen molar-refractivity contribution in [3.05, 3.63) is 84.1 Å². The van der Waals surface area contributed by atoms with Gasteiger partial charge in [-0.3, -0.25) is 0 Å². The summed E-state index contributed by atoms with van der Waals surface area (Å²) in [4.78, 5) is 11.8. The number of hydrogen-bond acceptors (Lipinski definition) is 8. The van der Waals surface area contributed by atoms with Gasteiger partial charge in [0.05, 0.1) is 31.0 Å². The highest BCUT2D eigenvalue weighted by Gasteiger charge is 2.46. The van der Waals surface area contributed by atoms with Gasteiger partial charge in [0.15, 0.2) is 20.4 Å². The largest absolute Gasteiger partial charge is 0.508 e. The van der Waals surface area contributed by atoms with Crippen molar-refractivity contribution in [1.82, 2.24) is 0 Å². The van der Waals surface area contributed by atoms with Gasteiger partial charge in [0.2, 0.25) is 0 Å². The van der Waals surface area contributed by atoms with Gasteiger partial charge in [0, 0.05) is 17.8 Å². The van der Waals surface area contributed by atoms with Gasteiger partial charge in [-0.1, -0.05) is 127 Å². The summed E-state index contributed by atoms with van der Waals surface area (Å²) in [5.41, 5.74) is 3.63. The van der Waals surface area contributed by atoms with Gasteiger partial charge in [-0.05, 0) is 103 Å². The Morgan fingerprint density at radius 1 is 1.03 bits per heavy atom. The highest BCUT2D eigenvalue weighted by molar-refractivity contribution is 6.74. The van der Waals surface area contributed by atoms with E-state index in [-0.39, 0.29) is 66.7 Å². The Morgan fingerprint density at radius 2 is 1.71 bits per heavy atom. The van der Waals surface area contributed by atoms with E-state index in [9.17, 15) is 4.79 Å². The lowest BCUT2D eigenvalue weighted by Gasteiger charge is -2.48. The predicted molar refractivity (Wildman–Crippen MR) is 242 cm³/mol. The van der Waals surface area contributed by atoms with Gasteiger partial charge in [0.25, 0.3) is 0 Å². The lowest BCUT2D eigenvalue weighted by Crippen LogP contribution is -2.54. The van der Waals surface area contributed by atoms with Crippen molar-refractivity contribution < 1.29 is 37.6 Å². The molecule has 0 aromatic heterocycles. The normalized spacial score (nSPS) is 25.9. The summed E-state index contributed by atoms with van der Waals surface area (Å²) in [6.45, 7) is 39.5. The van der Waals surface area contributed by atoms with Crippen LogP contribution in [0.25, 0.3) is 0 Å². The third-order valence-electron chi connectivity index (χ3n) is 11.5. The first-order valence-corrected chi connectivity index (χ1v) is 24.7. The summed E-state index contributed by atoms with van der Waals surface area (Å²) in [5.74, 6) is 0.266. The van der Waals surface area contributed by atoms with Gasteiger partial charge < -0.3 is 32.8 Å². The molecule has 2 aliphatic heterocycles. The molecule has 0 bridgehead atoms. The number of ether oxygens (including phenoxy) is 6. The number of carbonyl (C=O) groups is 1. The minimum Gasteiger partial charge on any atom is -0.430 e. The summed E-state index contributed by atoms with van der Waals surface area (Å²) in [6, 6.07) is 0. The molecular formula is C49H82O8Si. The molecule has 2 heterocycles. The van der Waals surface area contributed by atoms with Crippen LogP contribution in [0.1, 0.15) is 116 Å². The molecule has 1 fully saturated rings. The van der Waals surface area contributed by atoms with Crippen LogP contribution < -0.4 is 0 Å². The maximum absolute atomic E-state index is 11.8. The van der Waals surface area contributed by atoms with E-state index in [1.807, 2.05) is 39.8 Å². The molecule has 2 aliphatic rings. The molecule has 1 saturated heterocycles. The van der Waals surface area contributed by atoms with Crippen molar-refractivity contribution >= 4 is 14.5 Å². The molecule has 58 heavy (non-hydrogen) atoms. The minimum atomic E-state index is -2.17. The number of carbonyl (C=O) groups excluding carboxylic acids is 1.